The highest BCUT2D eigenvalue weighted by Gasteiger charge is 2.35. The molecule has 4 nitrogen and oxygen atoms in total. The number of morpholine rings is 1. The first-order valence-corrected chi connectivity index (χ1v) is 9.17. The number of aryl methyl sites for hydroxylation is 1. The number of benzene rings is 2. The molecule has 1 aliphatic heterocycles. The van der Waals surface area contributed by atoms with Crippen molar-refractivity contribution in [2.75, 3.05) is 13.2 Å². The summed E-state index contributed by atoms with van der Waals surface area (Å²) in [5.74, 6) is 0. The summed E-state index contributed by atoms with van der Waals surface area (Å²) in [6.45, 7) is 4.55. The minimum atomic E-state index is -3.52. The summed E-state index contributed by atoms with van der Waals surface area (Å²) in [5, 5.41) is 0. The lowest BCUT2D eigenvalue weighted by atomic mass is 10.1. The first-order chi connectivity index (χ1) is 11.0. The Balaban J connectivity index is 1.89. The molecule has 2 aromatic carbocycles. The van der Waals surface area contributed by atoms with Gasteiger partial charge in [-0.1, -0.05) is 48.0 Å². The van der Waals surface area contributed by atoms with Gasteiger partial charge < -0.3 is 4.74 Å². The lowest BCUT2D eigenvalue weighted by Gasteiger charge is -2.37. The molecule has 1 heterocycles. The van der Waals surface area contributed by atoms with E-state index in [9.17, 15) is 8.42 Å². The van der Waals surface area contributed by atoms with Gasteiger partial charge in [-0.2, -0.15) is 4.31 Å². The molecule has 2 aromatic rings. The summed E-state index contributed by atoms with van der Waals surface area (Å²) in [6, 6.07) is 16.6. The Morgan fingerprint density at radius 2 is 1.70 bits per heavy atom. The van der Waals surface area contributed by atoms with Crippen LogP contribution >= 0.6 is 0 Å². The molecule has 0 bridgehead atoms. The summed E-state index contributed by atoms with van der Waals surface area (Å²) in [4.78, 5) is 0.337. The normalized spacial score (nSPS) is 22.9. The average molecular weight is 331 g/mol. The van der Waals surface area contributed by atoms with E-state index in [0.29, 0.717) is 18.0 Å². The van der Waals surface area contributed by atoms with Gasteiger partial charge in [-0.05, 0) is 31.5 Å². The predicted molar refractivity (Wildman–Crippen MR) is 89.7 cm³/mol. The van der Waals surface area contributed by atoms with Crippen LogP contribution < -0.4 is 0 Å². The van der Waals surface area contributed by atoms with Crippen molar-refractivity contribution in [1.82, 2.24) is 4.31 Å². The molecule has 5 heteroatoms. The van der Waals surface area contributed by atoms with E-state index in [-0.39, 0.29) is 12.1 Å². The minimum Gasteiger partial charge on any atom is -0.370 e. The molecule has 1 aliphatic rings. The zero-order valence-corrected chi connectivity index (χ0v) is 14.2. The number of hydrogen-bond donors (Lipinski definition) is 0. The van der Waals surface area contributed by atoms with Gasteiger partial charge in [0.05, 0.1) is 17.6 Å². The van der Waals surface area contributed by atoms with Gasteiger partial charge >= 0.3 is 0 Å². The summed E-state index contributed by atoms with van der Waals surface area (Å²) >= 11 is 0. The Morgan fingerprint density at radius 3 is 2.35 bits per heavy atom. The van der Waals surface area contributed by atoms with Crippen molar-refractivity contribution < 1.29 is 13.2 Å². The molecular formula is C18H21NO3S. The van der Waals surface area contributed by atoms with Gasteiger partial charge in [-0.15, -0.1) is 0 Å². The van der Waals surface area contributed by atoms with Crippen molar-refractivity contribution in [2.45, 2.75) is 30.9 Å². The van der Waals surface area contributed by atoms with Crippen LogP contribution in [0.5, 0.6) is 0 Å². The number of nitrogens with zero attached hydrogens (tertiary/aromatic N) is 1. The molecule has 2 atom stereocenters. The van der Waals surface area contributed by atoms with Crippen molar-refractivity contribution in [2.24, 2.45) is 0 Å². The van der Waals surface area contributed by atoms with Gasteiger partial charge in [-0.3, -0.25) is 0 Å². The summed E-state index contributed by atoms with van der Waals surface area (Å²) in [7, 11) is -3.52. The Hall–Kier alpha value is -1.69. The maximum Gasteiger partial charge on any atom is 0.243 e. The molecule has 3 rings (SSSR count). The van der Waals surface area contributed by atoms with E-state index < -0.39 is 10.0 Å². The summed E-state index contributed by atoms with van der Waals surface area (Å²) in [5.41, 5.74) is 2.05. The Labute approximate surface area is 137 Å². The molecule has 23 heavy (non-hydrogen) atoms. The van der Waals surface area contributed by atoms with E-state index in [1.54, 1.807) is 16.4 Å². The van der Waals surface area contributed by atoms with Crippen LogP contribution in [0, 0.1) is 6.92 Å². The zero-order valence-electron chi connectivity index (χ0n) is 13.3. The number of rotatable bonds is 3. The third-order valence-corrected chi connectivity index (χ3v) is 6.17. The molecule has 0 saturated carbocycles. The van der Waals surface area contributed by atoms with Crippen molar-refractivity contribution in [3.63, 3.8) is 0 Å². The monoisotopic (exact) mass is 331 g/mol. The molecule has 2 unspecified atom stereocenters. The van der Waals surface area contributed by atoms with E-state index in [4.69, 9.17) is 4.74 Å². The third-order valence-electron chi connectivity index (χ3n) is 4.17. The smallest absolute Gasteiger partial charge is 0.243 e. The fourth-order valence-corrected chi connectivity index (χ4v) is 4.40. The third kappa shape index (κ3) is 3.32. The van der Waals surface area contributed by atoms with Crippen LogP contribution in [-0.2, 0) is 14.8 Å². The lowest BCUT2D eigenvalue weighted by molar-refractivity contribution is -0.0288. The number of hydrogen-bond acceptors (Lipinski definition) is 3. The highest BCUT2D eigenvalue weighted by molar-refractivity contribution is 7.89. The largest absolute Gasteiger partial charge is 0.370 e. The average Bonchev–Trinajstić information content (AvgIpc) is 2.56. The molecule has 0 aliphatic carbocycles. The van der Waals surface area contributed by atoms with Crippen LogP contribution in [0.1, 0.15) is 24.2 Å². The van der Waals surface area contributed by atoms with Crippen molar-refractivity contribution in [3.05, 3.63) is 65.7 Å². The first kappa shape index (κ1) is 16.2. The van der Waals surface area contributed by atoms with Crippen LogP contribution in [0.15, 0.2) is 59.5 Å². The van der Waals surface area contributed by atoms with Crippen LogP contribution in [0.2, 0.25) is 0 Å². The highest BCUT2D eigenvalue weighted by atomic mass is 32.2. The van der Waals surface area contributed by atoms with Gasteiger partial charge in [0.25, 0.3) is 0 Å². The SMILES string of the molecule is Cc1ccc(S(=O)(=O)N2CC(c3ccccc3)OCC2C)cc1. The second kappa shape index (κ2) is 6.43. The second-order valence-corrected chi connectivity index (χ2v) is 7.86. The Morgan fingerprint density at radius 1 is 1.04 bits per heavy atom. The molecule has 0 radical (unpaired) electrons. The standard InChI is InChI=1S/C18H21NO3S/c1-14-8-10-17(11-9-14)23(20,21)19-12-18(22-13-15(19)2)16-6-4-3-5-7-16/h3-11,15,18H,12-13H2,1-2H3. The van der Waals surface area contributed by atoms with E-state index >= 15 is 0 Å². The molecule has 122 valence electrons. The lowest BCUT2D eigenvalue weighted by Crippen LogP contribution is -2.48. The fourth-order valence-electron chi connectivity index (χ4n) is 2.78. The topological polar surface area (TPSA) is 46.6 Å². The summed E-state index contributed by atoms with van der Waals surface area (Å²) in [6.07, 6.45) is -0.229. The highest BCUT2D eigenvalue weighted by Crippen LogP contribution is 2.29. The number of sulfonamides is 1. The van der Waals surface area contributed by atoms with Crippen LogP contribution in [-0.4, -0.2) is 31.9 Å². The van der Waals surface area contributed by atoms with Crippen molar-refractivity contribution >= 4 is 10.0 Å². The van der Waals surface area contributed by atoms with Crippen LogP contribution in [0.25, 0.3) is 0 Å². The molecule has 1 saturated heterocycles. The zero-order chi connectivity index (χ0) is 16.4. The molecule has 0 amide bonds. The van der Waals surface area contributed by atoms with E-state index in [0.717, 1.165) is 11.1 Å². The first-order valence-electron chi connectivity index (χ1n) is 7.73. The summed E-state index contributed by atoms with van der Waals surface area (Å²) < 4.78 is 33.3. The molecular weight excluding hydrogens is 310 g/mol. The maximum atomic E-state index is 13.0. The van der Waals surface area contributed by atoms with Gasteiger partial charge in [0.2, 0.25) is 10.0 Å². The Kier molecular flexibility index (Phi) is 4.53. The molecule has 0 aromatic heterocycles. The van der Waals surface area contributed by atoms with Crippen LogP contribution in [0.4, 0.5) is 0 Å². The van der Waals surface area contributed by atoms with Crippen molar-refractivity contribution in [3.8, 4) is 0 Å². The van der Waals surface area contributed by atoms with Gasteiger partial charge in [0.15, 0.2) is 0 Å². The van der Waals surface area contributed by atoms with Gasteiger partial charge in [0.1, 0.15) is 0 Å². The molecule has 0 spiro atoms. The quantitative estimate of drug-likeness (QED) is 0.868. The fraction of sp³-hybridized carbons (Fsp3) is 0.333. The van der Waals surface area contributed by atoms with E-state index in [1.807, 2.05) is 56.3 Å². The Bertz CT molecular complexity index is 757. The predicted octanol–water partition coefficient (Wildman–Crippen LogP) is 3.15. The maximum absolute atomic E-state index is 13.0. The van der Waals surface area contributed by atoms with Gasteiger partial charge in [-0.25, -0.2) is 8.42 Å². The molecule has 0 N–H and O–H groups in total. The van der Waals surface area contributed by atoms with E-state index in [2.05, 4.69) is 0 Å². The van der Waals surface area contributed by atoms with E-state index in [1.165, 1.54) is 0 Å². The van der Waals surface area contributed by atoms with Crippen LogP contribution in [0.3, 0.4) is 0 Å². The van der Waals surface area contributed by atoms with Gasteiger partial charge in [0, 0.05) is 12.6 Å². The molecule has 1 fully saturated rings. The minimum absolute atomic E-state index is 0.179. The second-order valence-electron chi connectivity index (χ2n) is 5.97. The van der Waals surface area contributed by atoms with Crippen molar-refractivity contribution in [1.29, 1.82) is 0 Å². The number of ether oxygens (including phenoxy) is 1.